The van der Waals surface area contributed by atoms with E-state index in [0.29, 0.717) is 0 Å². The molecule has 0 atom stereocenters. The summed E-state index contributed by atoms with van der Waals surface area (Å²) >= 11 is 0. The molecule has 0 bridgehead atoms. The van der Waals surface area contributed by atoms with E-state index in [1.54, 1.807) is 0 Å². The van der Waals surface area contributed by atoms with E-state index in [1.807, 2.05) is 0 Å². The van der Waals surface area contributed by atoms with Gasteiger partial charge in [-0.05, 0) is 133 Å². The summed E-state index contributed by atoms with van der Waals surface area (Å²) in [7, 11) is 0. The maximum atomic E-state index is 2.39. The molecule has 288 valence electrons. The molecular weight excluding hydrogens is 745 g/mol. The second kappa shape index (κ2) is 14.9. The van der Waals surface area contributed by atoms with Gasteiger partial charge in [0.05, 0.1) is 0 Å². The minimum absolute atomic E-state index is 1.22. The maximum Gasteiger partial charge on any atom is -0.00262 e. The molecule has 0 aliphatic heterocycles. The van der Waals surface area contributed by atoms with E-state index in [2.05, 4.69) is 243 Å². The van der Waals surface area contributed by atoms with Gasteiger partial charge >= 0.3 is 0 Å². The second-order valence-electron chi connectivity index (χ2n) is 16.3. The van der Waals surface area contributed by atoms with Crippen molar-refractivity contribution in [3.05, 3.63) is 243 Å². The normalized spacial score (nSPS) is 11.5. The summed E-state index contributed by atoms with van der Waals surface area (Å²) in [6.45, 7) is 0. The van der Waals surface area contributed by atoms with Gasteiger partial charge < -0.3 is 0 Å². The summed E-state index contributed by atoms with van der Waals surface area (Å²) < 4.78 is 0. The minimum atomic E-state index is 1.22. The lowest BCUT2D eigenvalue weighted by Crippen LogP contribution is -1.92. The summed E-state index contributed by atoms with van der Waals surface area (Å²) in [5.41, 5.74) is 14.9. The number of benzene rings is 12. The van der Waals surface area contributed by atoms with Gasteiger partial charge in [0.2, 0.25) is 0 Å². The van der Waals surface area contributed by atoms with Gasteiger partial charge in [-0.25, -0.2) is 0 Å². The van der Waals surface area contributed by atoms with Crippen molar-refractivity contribution >= 4 is 53.9 Å². The van der Waals surface area contributed by atoms with Crippen LogP contribution in [0.15, 0.2) is 243 Å². The van der Waals surface area contributed by atoms with Gasteiger partial charge in [0.15, 0.2) is 0 Å². The Morgan fingerprint density at radius 3 is 0.645 bits per heavy atom. The van der Waals surface area contributed by atoms with Crippen molar-refractivity contribution < 1.29 is 0 Å². The van der Waals surface area contributed by atoms with Crippen molar-refractivity contribution in [3.8, 4) is 66.8 Å². The molecule has 0 heterocycles. The fourth-order valence-electron chi connectivity index (χ4n) is 9.98. The molecule has 62 heavy (non-hydrogen) atoms. The number of hydrogen-bond acceptors (Lipinski definition) is 0. The van der Waals surface area contributed by atoms with Crippen LogP contribution in [0, 0.1) is 0 Å². The third-order valence-corrected chi connectivity index (χ3v) is 12.8. The van der Waals surface area contributed by atoms with Crippen molar-refractivity contribution in [2.24, 2.45) is 0 Å². The molecule has 0 fully saturated rings. The Hall–Kier alpha value is -8.06. The first-order valence-electron chi connectivity index (χ1n) is 21.5. The monoisotopic (exact) mass is 784 g/mol. The highest BCUT2D eigenvalue weighted by Gasteiger charge is 2.19. The molecule has 0 radical (unpaired) electrons. The Bertz CT molecular complexity index is 3280. The number of fused-ring (bicyclic) bond motifs is 5. The van der Waals surface area contributed by atoms with Crippen LogP contribution in [-0.4, -0.2) is 0 Å². The Balaban J connectivity index is 0.981. The van der Waals surface area contributed by atoms with Gasteiger partial charge in [0, 0.05) is 0 Å². The maximum absolute atomic E-state index is 2.39. The van der Waals surface area contributed by atoms with Gasteiger partial charge in [0.25, 0.3) is 0 Å². The van der Waals surface area contributed by atoms with Gasteiger partial charge in [0.1, 0.15) is 0 Å². The highest BCUT2D eigenvalue weighted by atomic mass is 14.2. The molecule has 12 aromatic rings. The first-order chi connectivity index (χ1) is 30.8. The molecule has 0 aliphatic rings. The van der Waals surface area contributed by atoms with Crippen molar-refractivity contribution in [2.75, 3.05) is 0 Å². The van der Waals surface area contributed by atoms with E-state index < -0.39 is 0 Å². The van der Waals surface area contributed by atoms with Crippen LogP contribution in [0.2, 0.25) is 0 Å². The third-order valence-electron chi connectivity index (χ3n) is 12.8. The Kier molecular flexibility index (Phi) is 8.61. The zero-order chi connectivity index (χ0) is 41.0. The molecule has 0 spiro atoms. The average molecular weight is 785 g/mol. The summed E-state index contributed by atoms with van der Waals surface area (Å²) in [5, 5.41) is 12.5. The van der Waals surface area contributed by atoms with Crippen LogP contribution >= 0.6 is 0 Å². The lowest BCUT2D eigenvalue weighted by molar-refractivity contribution is 1.61. The fourth-order valence-corrected chi connectivity index (χ4v) is 9.98. The molecular formula is C62H40. The zero-order valence-corrected chi connectivity index (χ0v) is 34.1. The lowest BCUT2D eigenvalue weighted by Gasteiger charge is -2.19. The average Bonchev–Trinajstić information content (AvgIpc) is 3.35. The largest absolute Gasteiger partial charge is 0.0622 e. The van der Waals surface area contributed by atoms with Crippen molar-refractivity contribution in [2.45, 2.75) is 0 Å². The van der Waals surface area contributed by atoms with E-state index in [9.17, 15) is 0 Å². The van der Waals surface area contributed by atoms with E-state index in [-0.39, 0.29) is 0 Å². The molecule has 0 N–H and O–H groups in total. The molecule has 0 saturated carbocycles. The first kappa shape index (κ1) is 35.8. The molecule has 12 aromatic carbocycles. The van der Waals surface area contributed by atoms with Crippen LogP contribution in [0.25, 0.3) is 121 Å². The SMILES string of the molecule is c1ccc(-c2ccc(-c3c4ccccc4c(-c4ccc5cc(-c6c7ccccc7c(-c7ccc(-c8ccccc8)cc7)c7ccccc67)ccc5c4)c4ccccc34)cc2)cc1. The van der Waals surface area contributed by atoms with Crippen LogP contribution < -0.4 is 0 Å². The Labute approximate surface area is 361 Å². The standard InChI is InChI=1S/C62H40/c1-3-15-41(16-4-1)43-27-31-45(32-28-43)59-51-19-7-11-23-55(51)61(56-24-12-8-20-52(56)59)49-37-35-48-40-50(38-36-47(48)39-49)62-57-25-13-9-21-53(57)60(54-22-10-14-26-58(54)62)46-33-29-44(30-34-46)42-17-5-2-6-18-42/h1-40H. The van der Waals surface area contributed by atoms with Crippen LogP contribution in [0.3, 0.4) is 0 Å². The molecule has 0 saturated heterocycles. The molecule has 0 aliphatic carbocycles. The molecule has 12 rings (SSSR count). The Morgan fingerprint density at radius 1 is 0.145 bits per heavy atom. The Morgan fingerprint density at radius 2 is 0.355 bits per heavy atom. The van der Waals surface area contributed by atoms with E-state index in [0.717, 1.165) is 0 Å². The lowest BCUT2D eigenvalue weighted by atomic mass is 9.84. The van der Waals surface area contributed by atoms with Crippen LogP contribution in [0.5, 0.6) is 0 Å². The van der Waals surface area contributed by atoms with Crippen molar-refractivity contribution in [3.63, 3.8) is 0 Å². The van der Waals surface area contributed by atoms with Gasteiger partial charge in [-0.1, -0.05) is 231 Å². The summed E-state index contributed by atoms with van der Waals surface area (Å²) in [6.07, 6.45) is 0. The summed E-state index contributed by atoms with van der Waals surface area (Å²) in [6, 6.07) is 89.2. The highest BCUT2D eigenvalue weighted by Crippen LogP contribution is 2.47. The predicted octanol–water partition coefficient (Wildman–Crippen LogP) is 17.5. The number of rotatable bonds is 6. The highest BCUT2D eigenvalue weighted by molar-refractivity contribution is 6.23. The van der Waals surface area contributed by atoms with Gasteiger partial charge in [-0.2, -0.15) is 0 Å². The van der Waals surface area contributed by atoms with Crippen LogP contribution in [-0.2, 0) is 0 Å². The van der Waals surface area contributed by atoms with Crippen molar-refractivity contribution in [1.82, 2.24) is 0 Å². The number of hydrogen-bond donors (Lipinski definition) is 0. The third kappa shape index (κ3) is 5.99. The molecule has 0 amide bonds. The van der Waals surface area contributed by atoms with E-state index in [1.165, 1.54) is 121 Å². The van der Waals surface area contributed by atoms with Crippen LogP contribution in [0.4, 0.5) is 0 Å². The fraction of sp³-hybridized carbons (Fsp3) is 0. The molecule has 0 heteroatoms. The quantitative estimate of drug-likeness (QED) is 0.147. The topological polar surface area (TPSA) is 0 Å². The van der Waals surface area contributed by atoms with Crippen LogP contribution in [0.1, 0.15) is 0 Å². The van der Waals surface area contributed by atoms with Crippen molar-refractivity contribution in [1.29, 1.82) is 0 Å². The van der Waals surface area contributed by atoms with Gasteiger partial charge in [-0.3, -0.25) is 0 Å². The molecule has 0 unspecified atom stereocenters. The minimum Gasteiger partial charge on any atom is -0.0622 e. The van der Waals surface area contributed by atoms with E-state index >= 15 is 0 Å². The zero-order valence-electron chi connectivity index (χ0n) is 34.1. The molecule has 0 aromatic heterocycles. The smallest absolute Gasteiger partial charge is 0.00262 e. The second-order valence-corrected chi connectivity index (χ2v) is 16.3. The molecule has 0 nitrogen and oxygen atoms in total. The summed E-state index contributed by atoms with van der Waals surface area (Å²) in [5.74, 6) is 0. The summed E-state index contributed by atoms with van der Waals surface area (Å²) in [4.78, 5) is 0. The predicted molar refractivity (Wildman–Crippen MR) is 267 cm³/mol. The van der Waals surface area contributed by atoms with E-state index in [4.69, 9.17) is 0 Å². The first-order valence-corrected chi connectivity index (χ1v) is 21.5. The van der Waals surface area contributed by atoms with Gasteiger partial charge in [-0.15, -0.1) is 0 Å².